The van der Waals surface area contributed by atoms with Crippen molar-refractivity contribution in [1.82, 2.24) is 4.90 Å². The van der Waals surface area contributed by atoms with Crippen LogP contribution in [0.4, 0.5) is 0 Å². The van der Waals surface area contributed by atoms with Gasteiger partial charge in [0.05, 0.1) is 0 Å². The molecule has 2 aromatic rings. The van der Waals surface area contributed by atoms with Crippen molar-refractivity contribution in [3.05, 3.63) is 76.8 Å². The first-order valence-corrected chi connectivity index (χ1v) is 9.31. The molecule has 2 aliphatic heterocycles. The lowest BCUT2D eigenvalue weighted by Crippen LogP contribution is -2.45. The minimum absolute atomic E-state index is 0.565. The van der Waals surface area contributed by atoms with Gasteiger partial charge in [-0.3, -0.25) is 4.90 Å². The van der Waals surface area contributed by atoms with Gasteiger partial charge in [-0.25, -0.2) is 0 Å². The minimum Gasteiger partial charge on any atom is -0.300 e. The fraction of sp³-hybridized carbons (Fsp3) is 0.364. The Morgan fingerprint density at radius 1 is 1.00 bits per heavy atom. The Morgan fingerprint density at radius 3 is 2.50 bits per heavy atom. The predicted octanol–water partition coefficient (Wildman–Crippen LogP) is 5.62. The van der Waals surface area contributed by atoms with Crippen LogP contribution in [0.15, 0.2) is 60.7 Å². The highest BCUT2D eigenvalue weighted by molar-refractivity contribution is 6.30. The molecule has 2 bridgehead atoms. The molecule has 0 spiro atoms. The average molecular weight is 338 g/mol. The minimum atomic E-state index is 0.565. The van der Waals surface area contributed by atoms with Gasteiger partial charge >= 0.3 is 0 Å². The maximum atomic E-state index is 6.10. The molecule has 2 aliphatic rings. The Labute approximate surface area is 149 Å². The van der Waals surface area contributed by atoms with E-state index < -0.39 is 0 Å². The Kier molecular flexibility index (Phi) is 4.47. The fourth-order valence-corrected chi connectivity index (χ4v) is 4.75. The van der Waals surface area contributed by atoms with Crippen LogP contribution in [0.2, 0.25) is 5.02 Å². The summed E-state index contributed by atoms with van der Waals surface area (Å²) in [5.41, 5.74) is 2.72. The highest BCUT2D eigenvalue weighted by atomic mass is 35.5. The SMILES string of the molecule is CN1C2CCC1C(C=Cc1ccccc1)C(c1ccc(Cl)cc1)C2. The number of hydrogen-bond acceptors (Lipinski definition) is 1. The summed E-state index contributed by atoms with van der Waals surface area (Å²) in [7, 11) is 2.31. The highest BCUT2D eigenvalue weighted by Crippen LogP contribution is 2.47. The summed E-state index contributed by atoms with van der Waals surface area (Å²) in [6.45, 7) is 0. The van der Waals surface area contributed by atoms with E-state index >= 15 is 0 Å². The Hall–Kier alpha value is -1.57. The first-order chi connectivity index (χ1) is 11.7. The van der Waals surface area contributed by atoms with Gasteiger partial charge in [0.1, 0.15) is 0 Å². The van der Waals surface area contributed by atoms with Crippen LogP contribution < -0.4 is 0 Å². The van der Waals surface area contributed by atoms with Crippen LogP contribution in [0, 0.1) is 5.92 Å². The molecule has 2 saturated heterocycles. The molecule has 2 aromatic carbocycles. The quantitative estimate of drug-likeness (QED) is 0.702. The van der Waals surface area contributed by atoms with Crippen molar-refractivity contribution in [2.24, 2.45) is 5.92 Å². The largest absolute Gasteiger partial charge is 0.300 e. The molecule has 0 aromatic heterocycles. The summed E-state index contributed by atoms with van der Waals surface area (Å²) in [6.07, 6.45) is 8.66. The van der Waals surface area contributed by atoms with Crippen LogP contribution in [0.5, 0.6) is 0 Å². The van der Waals surface area contributed by atoms with Crippen molar-refractivity contribution >= 4 is 17.7 Å². The first kappa shape index (κ1) is 15.9. The van der Waals surface area contributed by atoms with Crippen molar-refractivity contribution in [3.8, 4) is 0 Å². The van der Waals surface area contributed by atoms with Gasteiger partial charge in [-0.05, 0) is 61.4 Å². The summed E-state index contributed by atoms with van der Waals surface area (Å²) in [6, 6.07) is 20.6. The molecule has 0 amide bonds. The van der Waals surface area contributed by atoms with E-state index in [1.54, 1.807) is 0 Å². The zero-order valence-corrected chi connectivity index (χ0v) is 14.9. The summed E-state index contributed by atoms with van der Waals surface area (Å²) >= 11 is 6.10. The molecule has 0 N–H and O–H groups in total. The number of benzene rings is 2. The van der Waals surface area contributed by atoms with Gasteiger partial charge in [0, 0.05) is 17.1 Å². The smallest absolute Gasteiger partial charge is 0.0406 e. The van der Waals surface area contributed by atoms with Crippen LogP contribution in [0.25, 0.3) is 6.08 Å². The predicted molar refractivity (Wildman–Crippen MR) is 102 cm³/mol. The number of nitrogens with zero attached hydrogens (tertiary/aromatic N) is 1. The van der Waals surface area contributed by atoms with Crippen LogP contribution in [-0.4, -0.2) is 24.0 Å². The van der Waals surface area contributed by atoms with Crippen molar-refractivity contribution in [2.45, 2.75) is 37.3 Å². The topological polar surface area (TPSA) is 3.24 Å². The zero-order chi connectivity index (χ0) is 16.5. The molecule has 0 aliphatic carbocycles. The molecule has 4 rings (SSSR count). The van der Waals surface area contributed by atoms with E-state index in [0.717, 1.165) is 11.1 Å². The number of fused-ring (bicyclic) bond motifs is 2. The molecule has 4 unspecified atom stereocenters. The Morgan fingerprint density at radius 2 is 1.75 bits per heavy atom. The zero-order valence-electron chi connectivity index (χ0n) is 14.1. The average Bonchev–Trinajstić information content (AvgIpc) is 2.86. The van der Waals surface area contributed by atoms with Crippen LogP contribution >= 0.6 is 11.6 Å². The molecule has 2 heteroatoms. The molecule has 1 nitrogen and oxygen atoms in total. The summed E-state index contributed by atoms with van der Waals surface area (Å²) in [5, 5.41) is 0.825. The van der Waals surface area contributed by atoms with E-state index in [1.807, 2.05) is 12.1 Å². The van der Waals surface area contributed by atoms with Crippen molar-refractivity contribution < 1.29 is 0 Å². The maximum absolute atomic E-state index is 6.10. The summed E-state index contributed by atoms with van der Waals surface area (Å²) in [5.74, 6) is 1.16. The van der Waals surface area contributed by atoms with E-state index in [4.69, 9.17) is 11.6 Å². The number of halogens is 1. The second-order valence-electron chi connectivity index (χ2n) is 7.20. The highest BCUT2D eigenvalue weighted by Gasteiger charge is 2.44. The van der Waals surface area contributed by atoms with Crippen molar-refractivity contribution in [3.63, 3.8) is 0 Å². The molecular formula is C22H24ClN. The van der Waals surface area contributed by atoms with E-state index in [2.05, 4.69) is 66.6 Å². The lowest BCUT2D eigenvalue weighted by Gasteiger charge is -2.42. The third-order valence-corrected chi connectivity index (χ3v) is 6.19. The molecule has 24 heavy (non-hydrogen) atoms. The standard InChI is InChI=1S/C22H24ClN/c1-24-19-12-14-22(24)20(13-7-16-5-3-2-4-6-16)21(15-19)17-8-10-18(23)11-9-17/h2-11,13,19-22H,12,14-15H2,1H3. The van der Waals surface area contributed by atoms with Gasteiger partial charge in [-0.15, -0.1) is 0 Å². The van der Waals surface area contributed by atoms with Gasteiger partial charge in [0.2, 0.25) is 0 Å². The van der Waals surface area contributed by atoms with Crippen LogP contribution in [0.3, 0.4) is 0 Å². The van der Waals surface area contributed by atoms with E-state index in [-0.39, 0.29) is 0 Å². The first-order valence-electron chi connectivity index (χ1n) is 8.93. The molecule has 4 atom stereocenters. The third-order valence-electron chi connectivity index (χ3n) is 5.94. The number of rotatable bonds is 3. The second-order valence-corrected chi connectivity index (χ2v) is 7.64. The Balaban J connectivity index is 1.65. The second kappa shape index (κ2) is 6.74. The van der Waals surface area contributed by atoms with Crippen molar-refractivity contribution in [1.29, 1.82) is 0 Å². The summed E-state index contributed by atoms with van der Waals surface area (Å²) < 4.78 is 0. The van der Waals surface area contributed by atoms with Gasteiger partial charge in [-0.2, -0.15) is 0 Å². The van der Waals surface area contributed by atoms with E-state index in [9.17, 15) is 0 Å². The van der Waals surface area contributed by atoms with E-state index in [0.29, 0.717) is 17.9 Å². The van der Waals surface area contributed by atoms with E-state index in [1.165, 1.54) is 30.4 Å². The maximum Gasteiger partial charge on any atom is 0.0406 e. The Bertz CT molecular complexity index is 707. The van der Waals surface area contributed by atoms with Crippen molar-refractivity contribution in [2.75, 3.05) is 7.05 Å². The summed E-state index contributed by atoms with van der Waals surface area (Å²) in [4.78, 5) is 2.62. The fourth-order valence-electron chi connectivity index (χ4n) is 4.62. The van der Waals surface area contributed by atoms with Gasteiger partial charge in [-0.1, -0.05) is 66.2 Å². The molecule has 0 saturated carbocycles. The molecule has 2 heterocycles. The number of hydrogen-bond donors (Lipinski definition) is 0. The molecule has 0 radical (unpaired) electrons. The third kappa shape index (κ3) is 3.03. The molecular weight excluding hydrogens is 314 g/mol. The number of piperidine rings is 1. The lowest BCUT2D eigenvalue weighted by molar-refractivity contribution is 0.124. The molecule has 2 fully saturated rings. The monoisotopic (exact) mass is 337 g/mol. The van der Waals surface area contributed by atoms with Gasteiger partial charge < -0.3 is 0 Å². The normalized spacial score (nSPS) is 30.1. The van der Waals surface area contributed by atoms with Gasteiger partial charge in [0.15, 0.2) is 0 Å². The van der Waals surface area contributed by atoms with Crippen LogP contribution in [-0.2, 0) is 0 Å². The van der Waals surface area contributed by atoms with Crippen LogP contribution in [0.1, 0.15) is 36.3 Å². The molecule has 124 valence electrons. The van der Waals surface area contributed by atoms with Gasteiger partial charge in [0.25, 0.3) is 0 Å². The lowest BCUT2D eigenvalue weighted by atomic mass is 9.76.